The molecule has 0 aliphatic carbocycles. The normalized spacial score (nSPS) is 9.77. The van der Waals surface area contributed by atoms with Crippen molar-refractivity contribution in [3.8, 4) is 11.8 Å². The van der Waals surface area contributed by atoms with Crippen molar-refractivity contribution < 1.29 is 13.5 Å². The minimum absolute atomic E-state index is 0.0222. The molecule has 1 rings (SSSR count). The Morgan fingerprint density at radius 3 is 2.62 bits per heavy atom. The predicted octanol–water partition coefficient (Wildman–Crippen LogP) is 2.92. The highest BCUT2D eigenvalue weighted by molar-refractivity contribution is 9.10. The molecule has 0 aliphatic heterocycles. The van der Waals surface area contributed by atoms with Crippen molar-refractivity contribution in [1.29, 1.82) is 5.26 Å². The summed E-state index contributed by atoms with van der Waals surface area (Å²) in [6.45, 7) is -2.86. The SMILES string of the molecule is N#Cc1ccc(OC(F)F)c(Br)c1. The van der Waals surface area contributed by atoms with Crippen LogP contribution in [0.5, 0.6) is 5.75 Å². The van der Waals surface area contributed by atoms with Gasteiger partial charge in [0.25, 0.3) is 0 Å². The van der Waals surface area contributed by atoms with Gasteiger partial charge in [0.05, 0.1) is 16.1 Å². The van der Waals surface area contributed by atoms with Crippen molar-refractivity contribution in [3.05, 3.63) is 28.2 Å². The van der Waals surface area contributed by atoms with Crippen LogP contribution in [0, 0.1) is 11.3 Å². The van der Waals surface area contributed by atoms with Crippen molar-refractivity contribution in [2.24, 2.45) is 0 Å². The summed E-state index contributed by atoms with van der Waals surface area (Å²) in [6.07, 6.45) is 0. The molecular formula is C8H4BrF2NO. The molecule has 0 N–H and O–H groups in total. The van der Waals surface area contributed by atoms with Gasteiger partial charge in [-0.2, -0.15) is 14.0 Å². The lowest BCUT2D eigenvalue weighted by Gasteiger charge is -2.05. The van der Waals surface area contributed by atoms with Crippen molar-refractivity contribution in [2.45, 2.75) is 6.61 Å². The van der Waals surface area contributed by atoms with Crippen LogP contribution in [-0.4, -0.2) is 6.61 Å². The van der Waals surface area contributed by atoms with E-state index in [1.54, 1.807) is 0 Å². The Kier molecular flexibility index (Phi) is 3.20. The molecule has 1 aromatic rings. The molecular weight excluding hydrogens is 244 g/mol. The van der Waals surface area contributed by atoms with Crippen LogP contribution in [0.4, 0.5) is 8.78 Å². The summed E-state index contributed by atoms with van der Waals surface area (Å²) in [6, 6.07) is 6.01. The van der Waals surface area contributed by atoms with Crippen molar-refractivity contribution >= 4 is 15.9 Å². The van der Waals surface area contributed by atoms with Crippen LogP contribution in [0.3, 0.4) is 0 Å². The first kappa shape index (κ1) is 9.93. The highest BCUT2D eigenvalue weighted by Gasteiger charge is 2.07. The second kappa shape index (κ2) is 4.19. The number of nitriles is 1. The van der Waals surface area contributed by atoms with Crippen LogP contribution in [0.2, 0.25) is 0 Å². The van der Waals surface area contributed by atoms with E-state index < -0.39 is 6.61 Å². The number of benzene rings is 1. The van der Waals surface area contributed by atoms with Crippen LogP contribution in [0.15, 0.2) is 22.7 Å². The summed E-state index contributed by atoms with van der Waals surface area (Å²) >= 11 is 3.01. The Morgan fingerprint density at radius 2 is 2.15 bits per heavy atom. The number of alkyl halides is 2. The molecule has 0 aromatic heterocycles. The quantitative estimate of drug-likeness (QED) is 0.806. The molecule has 0 unspecified atom stereocenters. The lowest BCUT2D eigenvalue weighted by molar-refractivity contribution is -0.0503. The van der Waals surface area contributed by atoms with Crippen LogP contribution in [0.25, 0.3) is 0 Å². The summed E-state index contributed by atoms with van der Waals surface area (Å²) in [5.41, 5.74) is 0.383. The third kappa shape index (κ3) is 2.67. The van der Waals surface area contributed by atoms with Crippen molar-refractivity contribution in [1.82, 2.24) is 0 Å². The van der Waals surface area contributed by atoms with E-state index in [4.69, 9.17) is 5.26 Å². The summed E-state index contributed by atoms with van der Waals surface area (Å²) in [4.78, 5) is 0. The molecule has 0 spiro atoms. The molecule has 0 heterocycles. The van der Waals surface area contributed by atoms with E-state index in [1.807, 2.05) is 6.07 Å². The zero-order valence-corrected chi connectivity index (χ0v) is 7.88. The van der Waals surface area contributed by atoms with Crippen LogP contribution in [-0.2, 0) is 0 Å². The fraction of sp³-hybridized carbons (Fsp3) is 0.125. The highest BCUT2D eigenvalue weighted by atomic mass is 79.9. The van der Waals surface area contributed by atoms with E-state index in [0.717, 1.165) is 0 Å². The number of nitrogens with zero attached hydrogens (tertiary/aromatic N) is 1. The van der Waals surface area contributed by atoms with Gasteiger partial charge in [-0.25, -0.2) is 0 Å². The first-order chi connectivity index (χ1) is 6.13. The molecule has 13 heavy (non-hydrogen) atoms. The lowest BCUT2D eigenvalue weighted by atomic mass is 10.2. The molecule has 0 saturated heterocycles. The second-order valence-corrected chi connectivity index (χ2v) is 2.99. The third-order valence-electron chi connectivity index (χ3n) is 1.28. The average Bonchev–Trinajstić information content (AvgIpc) is 2.08. The molecule has 0 saturated carbocycles. The molecule has 0 aliphatic rings. The summed E-state index contributed by atoms with van der Waals surface area (Å²) in [5.74, 6) is 0.0222. The molecule has 1 aromatic carbocycles. The van der Waals surface area contributed by atoms with Gasteiger partial charge >= 0.3 is 6.61 Å². The van der Waals surface area contributed by atoms with Gasteiger partial charge in [0, 0.05) is 0 Å². The van der Waals surface area contributed by atoms with Gasteiger partial charge in [0.1, 0.15) is 5.75 Å². The number of hydrogen-bond acceptors (Lipinski definition) is 2. The maximum atomic E-state index is 11.8. The van der Waals surface area contributed by atoms with Gasteiger partial charge < -0.3 is 4.74 Å². The lowest BCUT2D eigenvalue weighted by Crippen LogP contribution is -2.02. The largest absolute Gasteiger partial charge is 0.434 e. The van der Waals surface area contributed by atoms with E-state index in [-0.39, 0.29) is 5.75 Å². The predicted molar refractivity (Wildman–Crippen MR) is 45.5 cm³/mol. The fourth-order valence-electron chi connectivity index (χ4n) is 0.762. The molecule has 68 valence electrons. The van der Waals surface area contributed by atoms with Gasteiger partial charge in [-0.15, -0.1) is 0 Å². The van der Waals surface area contributed by atoms with Crippen molar-refractivity contribution in [3.63, 3.8) is 0 Å². The van der Waals surface area contributed by atoms with Crippen LogP contribution >= 0.6 is 15.9 Å². The molecule has 0 fully saturated rings. The monoisotopic (exact) mass is 247 g/mol. The van der Waals surface area contributed by atoms with Gasteiger partial charge in [0.2, 0.25) is 0 Å². The third-order valence-corrected chi connectivity index (χ3v) is 1.90. The number of halogens is 3. The van der Waals surface area contributed by atoms with E-state index in [9.17, 15) is 8.78 Å². The first-order valence-corrected chi connectivity index (χ1v) is 4.07. The first-order valence-electron chi connectivity index (χ1n) is 3.28. The Bertz CT molecular complexity index is 348. The zero-order chi connectivity index (χ0) is 9.84. The van der Waals surface area contributed by atoms with Crippen molar-refractivity contribution in [2.75, 3.05) is 0 Å². The van der Waals surface area contributed by atoms with Crippen LogP contribution in [0.1, 0.15) is 5.56 Å². The average molecular weight is 248 g/mol. The Balaban J connectivity index is 2.93. The minimum Gasteiger partial charge on any atom is -0.434 e. The second-order valence-electron chi connectivity index (χ2n) is 2.14. The van der Waals surface area contributed by atoms with Gasteiger partial charge in [-0.05, 0) is 34.1 Å². The van der Waals surface area contributed by atoms with E-state index >= 15 is 0 Å². The number of ether oxygens (including phenoxy) is 1. The van der Waals surface area contributed by atoms with Crippen LogP contribution < -0.4 is 4.74 Å². The Hall–Kier alpha value is -1.15. The Morgan fingerprint density at radius 1 is 1.46 bits per heavy atom. The molecule has 2 nitrogen and oxygen atoms in total. The van der Waals surface area contributed by atoms with Gasteiger partial charge in [-0.3, -0.25) is 0 Å². The number of hydrogen-bond donors (Lipinski definition) is 0. The molecule has 0 atom stereocenters. The summed E-state index contributed by atoms with van der Waals surface area (Å²) in [5, 5.41) is 8.48. The topological polar surface area (TPSA) is 33.0 Å². The minimum atomic E-state index is -2.86. The smallest absolute Gasteiger partial charge is 0.387 e. The molecule has 5 heteroatoms. The molecule has 0 radical (unpaired) electrons. The summed E-state index contributed by atoms with van der Waals surface area (Å²) in [7, 11) is 0. The summed E-state index contributed by atoms with van der Waals surface area (Å²) < 4.78 is 28.0. The Labute approximate surface area is 81.9 Å². The van der Waals surface area contributed by atoms with Gasteiger partial charge in [0.15, 0.2) is 0 Å². The molecule has 0 bridgehead atoms. The zero-order valence-electron chi connectivity index (χ0n) is 6.30. The standard InChI is InChI=1S/C8H4BrF2NO/c9-6-3-5(4-12)1-2-7(6)13-8(10)11/h1-3,8H. The van der Waals surface area contributed by atoms with E-state index in [2.05, 4.69) is 20.7 Å². The highest BCUT2D eigenvalue weighted by Crippen LogP contribution is 2.26. The van der Waals surface area contributed by atoms with E-state index in [1.165, 1.54) is 18.2 Å². The number of rotatable bonds is 2. The maximum Gasteiger partial charge on any atom is 0.387 e. The van der Waals surface area contributed by atoms with E-state index in [0.29, 0.717) is 10.0 Å². The van der Waals surface area contributed by atoms with Gasteiger partial charge in [-0.1, -0.05) is 0 Å². The fourth-order valence-corrected chi connectivity index (χ4v) is 1.23. The molecule has 0 amide bonds. The maximum absolute atomic E-state index is 11.8.